The van der Waals surface area contributed by atoms with Gasteiger partial charge in [0, 0.05) is 19.2 Å². The number of carbonyl (C=O) groups excluding carboxylic acids is 1. The van der Waals surface area contributed by atoms with Crippen LogP contribution < -0.4 is 9.47 Å². The zero-order valence-corrected chi connectivity index (χ0v) is 17.6. The highest BCUT2D eigenvalue weighted by atomic mass is 35.5. The van der Waals surface area contributed by atoms with E-state index < -0.39 is 9.84 Å². The van der Waals surface area contributed by atoms with Crippen molar-refractivity contribution in [2.75, 3.05) is 32.3 Å². The molecule has 1 fully saturated rings. The van der Waals surface area contributed by atoms with Crippen molar-refractivity contribution in [1.82, 2.24) is 4.90 Å². The van der Waals surface area contributed by atoms with Crippen LogP contribution in [0.15, 0.2) is 18.2 Å². The Labute approximate surface area is 166 Å². The summed E-state index contributed by atoms with van der Waals surface area (Å²) in [6.45, 7) is 4.59. The standard InChI is InChI=1S/C19H26ClNO5S/c1-13(2)11-26-19-16(20)9-14(10-17(19)25-4)5-6-18(22)21(3)15-7-8-27(23,24)12-15/h5-6,9-10,13,15H,7-8,11-12H2,1-4H3/b6-5+. The van der Waals surface area contributed by atoms with Crippen LogP contribution in [0, 0.1) is 5.92 Å². The molecule has 8 heteroatoms. The summed E-state index contributed by atoms with van der Waals surface area (Å²) in [6, 6.07) is 3.16. The topological polar surface area (TPSA) is 72.9 Å². The quantitative estimate of drug-likeness (QED) is 0.640. The lowest BCUT2D eigenvalue weighted by Crippen LogP contribution is -2.36. The molecule has 1 aliphatic heterocycles. The van der Waals surface area contributed by atoms with Gasteiger partial charge in [0.05, 0.1) is 30.2 Å². The van der Waals surface area contributed by atoms with Crippen LogP contribution in [0.5, 0.6) is 11.5 Å². The van der Waals surface area contributed by atoms with E-state index in [1.807, 2.05) is 13.8 Å². The molecular formula is C19H26ClNO5S. The van der Waals surface area contributed by atoms with Crippen molar-refractivity contribution < 1.29 is 22.7 Å². The second-order valence-corrected chi connectivity index (χ2v) is 9.71. The van der Waals surface area contributed by atoms with Crippen molar-refractivity contribution in [2.24, 2.45) is 5.92 Å². The number of ether oxygens (including phenoxy) is 2. The molecule has 1 aliphatic rings. The first kappa shape index (κ1) is 21.6. The van der Waals surface area contributed by atoms with Gasteiger partial charge in [-0.05, 0) is 36.1 Å². The smallest absolute Gasteiger partial charge is 0.246 e. The maximum atomic E-state index is 12.4. The van der Waals surface area contributed by atoms with Gasteiger partial charge in [-0.2, -0.15) is 0 Å². The van der Waals surface area contributed by atoms with Crippen LogP contribution in [0.4, 0.5) is 0 Å². The van der Waals surface area contributed by atoms with E-state index in [1.54, 1.807) is 25.3 Å². The Morgan fingerprint density at radius 1 is 1.41 bits per heavy atom. The Morgan fingerprint density at radius 2 is 2.11 bits per heavy atom. The first-order valence-corrected chi connectivity index (χ1v) is 11.0. The minimum atomic E-state index is -3.04. The highest BCUT2D eigenvalue weighted by Crippen LogP contribution is 2.37. The van der Waals surface area contributed by atoms with Crippen LogP contribution in [-0.2, 0) is 14.6 Å². The molecule has 1 saturated heterocycles. The van der Waals surface area contributed by atoms with E-state index in [4.69, 9.17) is 21.1 Å². The minimum absolute atomic E-state index is 0.0185. The number of carbonyl (C=O) groups is 1. The van der Waals surface area contributed by atoms with Gasteiger partial charge in [0.15, 0.2) is 21.3 Å². The third-order valence-electron chi connectivity index (χ3n) is 4.33. The lowest BCUT2D eigenvalue weighted by Gasteiger charge is -2.21. The second kappa shape index (κ2) is 8.97. The van der Waals surface area contributed by atoms with E-state index in [9.17, 15) is 13.2 Å². The fourth-order valence-corrected chi connectivity index (χ4v) is 4.82. The zero-order valence-electron chi connectivity index (χ0n) is 16.1. The number of likely N-dealkylation sites (N-methyl/N-ethyl adjacent to an activating group) is 1. The Hall–Kier alpha value is -1.73. The van der Waals surface area contributed by atoms with Crippen molar-refractivity contribution >= 4 is 33.4 Å². The highest BCUT2D eigenvalue weighted by molar-refractivity contribution is 7.91. The molecule has 1 aromatic carbocycles. The summed E-state index contributed by atoms with van der Waals surface area (Å²) >= 11 is 6.31. The summed E-state index contributed by atoms with van der Waals surface area (Å²) in [6.07, 6.45) is 3.51. The van der Waals surface area contributed by atoms with Gasteiger partial charge in [0.2, 0.25) is 5.91 Å². The Balaban J connectivity index is 2.11. The molecule has 27 heavy (non-hydrogen) atoms. The SMILES string of the molecule is COc1cc(/C=C/C(=O)N(C)C2CCS(=O)(=O)C2)cc(Cl)c1OCC(C)C. The van der Waals surface area contributed by atoms with Crippen molar-refractivity contribution in [3.63, 3.8) is 0 Å². The van der Waals surface area contributed by atoms with Crippen molar-refractivity contribution in [3.05, 3.63) is 28.8 Å². The minimum Gasteiger partial charge on any atom is -0.493 e. The molecule has 0 radical (unpaired) electrons. The van der Waals surface area contributed by atoms with Gasteiger partial charge in [-0.15, -0.1) is 0 Å². The molecule has 0 saturated carbocycles. The molecule has 0 spiro atoms. The Morgan fingerprint density at radius 3 is 2.67 bits per heavy atom. The first-order valence-electron chi connectivity index (χ1n) is 8.78. The van der Waals surface area contributed by atoms with Gasteiger partial charge in [0.1, 0.15) is 0 Å². The molecular weight excluding hydrogens is 390 g/mol. The second-order valence-electron chi connectivity index (χ2n) is 7.08. The molecule has 1 heterocycles. The van der Waals surface area contributed by atoms with Gasteiger partial charge in [-0.25, -0.2) is 8.42 Å². The van der Waals surface area contributed by atoms with Gasteiger partial charge in [-0.3, -0.25) is 4.79 Å². The van der Waals surface area contributed by atoms with Gasteiger partial charge < -0.3 is 14.4 Å². The zero-order chi connectivity index (χ0) is 20.2. The number of sulfone groups is 1. The third kappa shape index (κ3) is 5.87. The summed E-state index contributed by atoms with van der Waals surface area (Å²) in [5.41, 5.74) is 0.689. The molecule has 150 valence electrons. The molecule has 0 bridgehead atoms. The van der Waals surface area contributed by atoms with Crippen molar-refractivity contribution in [2.45, 2.75) is 26.3 Å². The van der Waals surface area contributed by atoms with E-state index in [1.165, 1.54) is 18.1 Å². The van der Waals surface area contributed by atoms with E-state index in [0.717, 1.165) is 0 Å². The molecule has 1 atom stereocenters. The molecule has 1 aromatic rings. The van der Waals surface area contributed by atoms with Gasteiger partial charge in [0.25, 0.3) is 0 Å². The van der Waals surface area contributed by atoms with Crippen LogP contribution in [0.2, 0.25) is 5.02 Å². The number of benzene rings is 1. The lowest BCUT2D eigenvalue weighted by molar-refractivity contribution is -0.126. The summed E-state index contributed by atoms with van der Waals surface area (Å²) in [5, 5.41) is 0.400. The average Bonchev–Trinajstić information content (AvgIpc) is 2.97. The third-order valence-corrected chi connectivity index (χ3v) is 6.37. The largest absolute Gasteiger partial charge is 0.493 e. The number of hydrogen-bond acceptors (Lipinski definition) is 5. The van der Waals surface area contributed by atoms with Gasteiger partial charge in [-0.1, -0.05) is 25.4 Å². The average molecular weight is 416 g/mol. The Bertz CT molecular complexity index is 820. The Kier molecular flexibility index (Phi) is 7.17. The number of amides is 1. The monoisotopic (exact) mass is 415 g/mol. The normalized spacial score (nSPS) is 18.8. The number of methoxy groups -OCH3 is 1. The fraction of sp³-hybridized carbons (Fsp3) is 0.526. The number of halogens is 1. The van der Waals surface area contributed by atoms with Crippen molar-refractivity contribution in [3.8, 4) is 11.5 Å². The summed E-state index contributed by atoms with van der Waals surface area (Å²) in [7, 11) is 0.110. The van der Waals surface area contributed by atoms with Crippen LogP contribution in [-0.4, -0.2) is 57.5 Å². The van der Waals surface area contributed by atoms with Crippen LogP contribution in [0.25, 0.3) is 6.08 Å². The predicted molar refractivity (Wildman–Crippen MR) is 107 cm³/mol. The predicted octanol–water partition coefficient (Wildman–Crippen LogP) is 3.04. The van der Waals surface area contributed by atoms with E-state index in [0.29, 0.717) is 41.0 Å². The van der Waals surface area contributed by atoms with E-state index >= 15 is 0 Å². The molecule has 1 amide bonds. The van der Waals surface area contributed by atoms with Crippen LogP contribution in [0.1, 0.15) is 25.8 Å². The van der Waals surface area contributed by atoms with E-state index in [-0.39, 0.29) is 23.5 Å². The fourth-order valence-electron chi connectivity index (χ4n) is 2.77. The van der Waals surface area contributed by atoms with Gasteiger partial charge >= 0.3 is 0 Å². The van der Waals surface area contributed by atoms with Crippen LogP contribution >= 0.6 is 11.6 Å². The molecule has 1 unspecified atom stereocenters. The van der Waals surface area contributed by atoms with E-state index in [2.05, 4.69) is 0 Å². The summed E-state index contributed by atoms with van der Waals surface area (Å²) < 4.78 is 34.2. The summed E-state index contributed by atoms with van der Waals surface area (Å²) in [4.78, 5) is 13.8. The number of hydrogen-bond donors (Lipinski definition) is 0. The molecule has 0 aliphatic carbocycles. The maximum Gasteiger partial charge on any atom is 0.246 e. The molecule has 0 aromatic heterocycles. The van der Waals surface area contributed by atoms with Crippen molar-refractivity contribution in [1.29, 1.82) is 0 Å². The number of rotatable bonds is 7. The molecule has 0 N–H and O–H groups in total. The number of nitrogens with zero attached hydrogens (tertiary/aromatic N) is 1. The molecule has 6 nitrogen and oxygen atoms in total. The van der Waals surface area contributed by atoms with Crippen LogP contribution in [0.3, 0.4) is 0 Å². The lowest BCUT2D eigenvalue weighted by atomic mass is 10.1. The molecule has 2 rings (SSSR count). The first-order chi connectivity index (χ1) is 12.6. The maximum absolute atomic E-state index is 12.4. The summed E-state index contributed by atoms with van der Waals surface area (Å²) in [5.74, 6) is 1.20. The highest BCUT2D eigenvalue weighted by Gasteiger charge is 2.32.